The summed E-state index contributed by atoms with van der Waals surface area (Å²) >= 11 is 0. The Kier molecular flexibility index (Phi) is 6.31. The van der Waals surface area contributed by atoms with Gasteiger partial charge in [-0.3, -0.25) is 9.59 Å². The van der Waals surface area contributed by atoms with Crippen molar-refractivity contribution in [3.05, 3.63) is 42.0 Å². The molecule has 1 fully saturated rings. The SMILES string of the molecule is Cc1cc(NC(=O)CC(=O)O)ccc1Oc1ccc(O)c(S(=O)(=O)CC2CCC2)c1. The number of anilines is 1. The third-order valence-electron chi connectivity index (χ3n) is 4.94. The molecule has 1 aliphatic carbocycles. The molecule has 0 unspecified atom stereocenters. The quantitative estimate of drug-likeness (QED) is 0.543. The molecular formula is C21H23NO7S. The summed E-state index contributed by atoms with van der Waals surface area (Å²) in [6.45, 7) is 1.73. The van der Waals surface area contributed by atoms with Crippen LogP contribution < -0.4 is 10.1 Å². The van der Waals surface area contributed by atoms with E-state index in [1.54, 1.807) is 25.1 Å². The summed E-state index contributed by atoms with van der Waals surface area (Å²) in [6.07, 6.45) is 2.15. The zero-order valence-corrected chi connectivity index (χ0v) is 17.2. The van der Waals surface area contributed by atoms with Gasteiger partial charge in [-0.05, 0) is 61.6 Å². The summed E-state index contributed by atoms with van der Waals surface area (Å²) in [5.41, 5.74) is 1.07. The van der Waals surface area contributed by atoms with Gasteiger partial charge in [-0.15, -0.1) is 0 Å². The van der Waals surface area contributed by atoms with E-state index in [2.05, 4.69) is 5.32 Å². The van der Waals surface area contributed by atoms with Crippen molar-refractivity contribution in [1.82, 2.24) is 0 Å². The van der Waals surface area contributed by atoms with E-state index in [9.17, 15) is 23.1 Å². The van der Waals surface area contributed by atoms with Crippen LogP contribution in [0.5, 0.6) is 17.2 Å². The van der Waals surface area contributed by atoms with Gasteiger partial charge in [0, 0.05) is 11.8 Å². The van der Waals surface area contributed by atoms with E-state index in [0.29, 0.717) is 17.0 Å². The van der Waals surface area contributed by atoms with Crippen LogP contribution in [0.4, 0.5) is 5.69 Å². The van der Waals surface area contributed by atoms with E-state index in [0.717, 1.165) is 19.3 Å². The van der Waals surface area contributed by atoms with Gasteiger partial charge in [0.15, 0.2) is 9.84 Å². The van der Waals surface area contributed by atoms with Gasteiger partial charge in [0.1, 0.15) is 28.6 Å². The molecule has 0 spiro atoms. The average molecular weight is 433 g/mol. The highest BCUT2D eigenvalue weighted by Crippen LogP contribution is 2.35. The molecule has 1 saturated carbocycles. The van der Waals surface area contributed by atoms with Crippen LogP contribution in [0, 0.1) is 12.8 Å². The van der Waals surface area contributed by atoms with Crippen molar-refractivity contribution in [2.75, 3.05) is 11.1 Å². The molecule has 0 atom stereocenters. The number of phenolic OH excluding ortho intramolecular Hbond substituents is 1. The highest BCUT2D eigenvalue weighted by atomic mass is 32.2. The fourth-order valence-corrected chi connectivity index (χ4v) is 4.99. The Hall–Kier alpha value is -3.07. The molecule has 160 valence electrons. The highest BCUT2D eigenvalue weighted by Gasteiger charge is 2.28. The van der Waals surface area contributed by atoms with Crippen LogP contribution in [0.2, 0.25) is 0 Å². The number of carbonyl (C=O) groups is 2. The zero-order chi connectivity index (χ0) is 21.9. The van der Waals surface area contributed by atoms with Crippen LogP contribution in [0.1, 0.15) is 31.2 Å². The molecule has 30 heavy (non-hydrogen) atoms. The van der Waals surface area contributed by atoms with E-state index in [-0.39, 0.29) is 28.1 Å². The Morgan fingerprint density at radius 3 is 2.50 bits per heavy atom. The van der Waals surface area contributed by atoms with E-state index in [1.165, 1.54) is 18.2 Å². The lowest BCUT2D eigenvalue weighted by Crippen LogP contribution is -2.22. The molecule has 0 bridgehead atoms. The molecular weight excluding hydrogens is 410 g/mol. The van der Waals surface area contributed by atoms with Gasteiger partial charge < -0.3 is 20.3 Å². The Morgan fingerprint density at radius 2 is 1.90 bits per heavy atom. The molecule has 3 rings (SSSR count). The molecule has 8 nitrogen and oxygen atoms in total. The predicted octanol–water partition coefficient (Wildman–Crippen LogP) is 3.48. The molecule has 0 heterocycles. The molecule has 1 aliphatic rings. The van der Waals surface area contributed by atoms with Crippen molar-refractivity contribution in [2.24, 2.45) is 5.92 Å². The lowest BCUT2D eigenvalue weighted by molar-refractivity contribution is -0.139. The number of hydrogen-bond donors (Lipinski definition) is 3. The van der Waals surface area contributed by atoms with Crippen LogP contribution >= 0.6 is 0 Å². The fraction of sp³-hybridized carbons (Fsp3) is 0.333. The third kappa shape index (κ3) is 5.29. The maximum atomic E-state index is 12.7. The number of sulfone groups is 1. The van der Waals surface area contributed by atoms with Crippen LogP contribution in [-0.2, 0) is 19.4 Å². The molecule has 0 radical (unpaired) electrons. The number of carboxylic acid groups (broad SMARTS) is 1. The average Bonchev–Trinajstić information content (AvgIpc) is 2.61. The molecule has 2 aromatic carbocycles. The number of aliphatic carboxylic acids is 1. The summed E-state index contributed by atoms with van der Waals surface area (Å²) in [5, 5.41) is 21.2. The summed E-state index contributed by atoms with van der Waals surface area (Å²) in [7, 11) is -3.63. The number of aromatic hydroxyl groups is 1. The van der Waals surface area contributed by atoms with Gasteiger partial charge in [0.25, 0.3) is 0 Å². The second kappa shape index (κ2) is 8.74. The maximum absolute atomic E-state index is 12.7. The monoisotopic (exact) mass is 433 g/mol. The Morgan fingerprint density at radius 1 is 1.17 bits per heavy atom. The minimum absolute atomic E-state index is 0.00772. The fourth-order valence-electron chi connectivity index (χ4n) is 3.18. The molecule has 0 aromatic heterocycles. The first kappa shape index (κ1) is 21.6. The van der Waals surface area contributed by atoms with E-state index in [4.69, 9.17) is 9.84 Å². The van der Waals surface area contributed by atoms with Gasteiger partial charge >= 0.3 is 5.97 Å². The number of hydrogen-bond acceptors (Lipinski definition) is 6. The van der Waals surface area contributed by atoms with Gasteiger partial charge in [-0.1, -0.05) is 6.42 Å². The lowest BCUT2D eigenvalue weighted by Gasteiger charge is -2.25. The Bertz CT molecular complexity index is 1070. The standard InChI is InChI=1S/C21H23NO7S/c1-13-9-15(22-20(24)11-21(25)26)5-8-18(13)29-16-6-7-17(23)19(10-16)30(27,28)12-14-3-2-4-14/h5-10,14,23H,2-4,11-12H2,1H3,(H,22,24)(H,25,26). The summed E-state index contributed by atoms with van der Waals surface area (Å²) in [5.74, 6) is -1.35. The lowest BCUT2D eigenvalue weighted by atomic mass is 9.87. The molecule has 1 amide bonds. The van der Waals surface area contributed by atoms with Crippen molar-refractivity contribution < 1.29 is 33.0 Å². The van der Waals surface area contributed by atoms with Gasteiger partial charge in [-0.2, -0.15) is 0 Å². The van der Waals surface area contributed by atoms with Crippen molar-refractivity contribution in [3.8, 4) is 17.2 Å². The maximum Gasteiger partial charge on any atom is 0.312 e. The molecule has 2 aromatic rings. The van der Waals surface area contributed by atoms with Crippen molar-refractivity contribution in [2.45, 2.75) is 37.5 Å². The van der Waals surface area contributed by atoms with Gasteiger partial charge in [0.05, 0.1) is 5.75 Å². The summed E-state index contributed by atoms with van der Waals surface area (Å²) < 4.78 is 31.1. The van der Waals surface area contributed by atoms with Gasteiger partial charge in [-0.25, -0.2) is 8.42 Å². The minimum Gasteiger partial charge on any atom is -0.507 e. The number of carbonyl (C=O) groups excluding carboxylic acids is 1. The number of carboxylic acids is 1. The van der Waals surface area contributed by atoms with Crippen molar-refractivity contribution in [1.29, 1.82) is 0 Å². The van der Waals surface area contributed by atoms with Crippen LogP contribution in [0.3, 0.4) is 0 Å². The van der Waals surface area contributed by atoms with Crippen LogP contribution in [-0.4, -0.2) is 36.3 Å². The summed E-state index contributed by atoms with van der Waals surface area (Å²) in [6, 6.07) is 8.82. The second-order valence-electron chi connectivity index (χ2n) is 7.41. The number of benzene rings is 2. The number of nitrogens with one attached hydrogen (secondary N) is 1. The van der Waals surface area contributed by atoms with Crippen molar-refractivity contribution >= 4 is 27.4 Å². The van der Waals surface area contributed by atoms with Crippen LogP contribution in [0.25, 0.3) is 0 Å². The Labute approximate surface area is 174 Å². The smallest absolute Gasteiger partial charge is 0.312 e. The molecule has 3 N–H and O–H groups in total. The van der Waals surface area contributed by atoms with E-state index in [1.807, 2.05) is 0 Å². The van der Waals surface area contributed by atoms with Crippen molar-refractivity contribution in [3.63, 3.8) is 0 Å². The molecule has 0 saturated heterocycles. The first-order chi connectivity index (χ1) is 14.1. The molecule has 9 heteroatoms. The molecule has 0 aliphatic heterocycles. The topological polar surface area (TPSA) is 130 Å². The normalized spacial score (nSPS) is 14.0. The summed E-state index contributed by atoms with van der Waals surface area (Å²) in [4.78, 5) is 22.0. The zero-order valence-electron chi connectivity index (χ0n) is 16.4. The van der Waals surface area contributed by atoms with Crippen LogP contribution in [0.15, 0.2) is 41.3 Å². The number of phenols is 1. The first-order valence-corrected chi connectivity index (χ1v) is 11.2. The predicted molar refractivity (Wildman–Crippen MR) is 110 cm³/mol. The first-order valence-electron chi connectivity index (χ1n) is 9.50. The Balaban J connectivity index is 1.76. The number of ether oxygens (including phenoxy) is 1. The number of amides is 1. The van der Waals surface area contributed by atoms with E-state index < -0.39 is 28.1 Å². The van der Waals surface area contributed by atoms with Gasteiger partial charge in [0.2, 0.25) is 5.91 Å². The highest BCUT2D eigenvalue weighted by molar-refractivity contribution is 7.91. The second-order valence-corrected chi connectivity index (χ2v) is 9.41. The van der Waals surface area contributed by atoms with E-state index >= 15 is 0 Å². The number of aryl methyl sites for hydroxylation is 1. The largest absolute Gasteiger partial charge is 0.507 e. The minimum atomic E-state index is -3.63. The third-order valence-corrected chi connectivity index (χ3v) is 6.85. The number of rotatable bonds is 8.